The highest BCUT2D eigenvalue weighted by molar-refractivity contribution is 7.89. The Labute approximate surface area is 111 Å². The van der Waals surface area contributed by atoms with Crippen molar-refractivity contribution < 1.29 is 12.8 Å². The van der Waals surface area contributed by atoms with E-state index in [0.717, 1.165) is 0 Å². The largest absolute Gasteiger partial charge is 0.427 e. The Hall–Kier alpha value is -1.28. The molecule has 19 heavy (non-hydrogen) atoms. The molecule has 0 aromatic carbocycles. The zero-order valence-corrected chi connectivity index (χ0v) is 11.9. The molecule has 7 nitrogen and oxygen atoms in total. The van der Waals surface area contributed by atoms with Crippen LogP contribution >= 0.6 is 0 Å². The highest BCUT2D eigenvalue weighted by atomic mass is 32.2. The molecule has 0 unspecified atom stereocenters. The summed E-state index contributed by atoms with van der Waals surface area (Å²) in [7, 11) is -3.64. The molecule has 3 rings (SSSR count). The molecule has 1 aromatic rings. The van der Waals surface area contributed by atoms with Gasteiger partial charge in [0.25, 0.3) is 15.1 Å². The number of oxazole rings is 1. The molecule has 1 aromatic heterocycles. The topological polar surface area (TPSA) is 96.9 Å². The van der Waals surface area contributed by atoms with Crippen LogP contribution in [0.15, 0.2) is 25.9 Å². The van der Waals surface area contributed by atoms with Crippen LogP contribution in [0, 0.1) is 0 Å². The van der Waals surface area contributed by atoms with Crippen LogP contribution in [0.2, 0.25) is 0 Å². The lowest BCUT2D eigenvalue weighted by Gasteiger charge is -2.31. The van der Waals surface area contributed by atoms with E-state index in [0.29, 0.717) is 18.7 Å². The van der Waals surface area contributed by atoms with Crippen LogP contribution in [0.5, 0.6) is 0 Å². The molecule has 1 fully saturated rings. The number of nitrogens with zero attached hydrogens (tertiary/aromatic N) is 3. The van der Waals surface area contributed by atoms with E-state index >= 15 is 0 Å². The van der Waals surface area contributed by atoms with Gasteiger partial charge in [-0.1, -0.05) is 20.8 Å². The second-order valence-corrected chi connectivity index (χ2v) is 7.79. The van der Waals surface area contributed by atoms with Crippen molar-refractivity contribution >= 4 is 10.0 Å². The minimum Gasteiger partial charge on any atom is -0.427 e. The highest BCUT2D eigenvalue weighted by Crippen LogP contribution is 2.47. The summed E-state index contributed by atoms with van der Waals surface area (Å²) in [6.07, 6.45) is 2.52. The number of sulfonamides is 1. The molecule has 0 atom stereocenters. The van der Waals surface area contributed by atoms with Gasteiger partial charge >= 0.3 is 0 Å². The van der Waals surface area contributed by atoms with Crippen LogP contribution in [0.3, 0.4) is 0 Å². The number of hydrogen-bond acceptors (Lipinski definition) is 6. The Bertz CT molecular complexity index is 627. The third kappa shape index (κ3) is 2.30. The van der Waals surface area contributed by atoms with Gasteiger partial charge in [-0.15, -0.1) is 0 Å². The summed E-state index contributed by atoms with van der Waals surface area (Å²) in [6, 6.07) is -0.122. The van der Waals surface area contributed by atoms with Gasteiger partial charge in [-0.25, -0.2) is 18.1 Å². The standard InChI is InChI=1S/C11H16N4O3S/c1-10(2,3)9-12-6-8(18-9)19(16,17)13-7-4-11(5-7)14-15-11/h6-7,13H,4-5H2,1-3H3. The van der Waals surface area contributed by atoms with E-state index in [9.17, 15) is 8.42 Å². The molecule has 1 aliphatic carbocycles. The average Bonchev–Trinajstić information content (AvgIpc) is 2.84. The monoisotopic (exact) mass is 284 g/mol. The molecule has 0 radical (unpaired) electrons. The van der Waals surface area contributed by atoms with Crippen molar-refractivity contribution in [1.29, 1.82) is 0 Å². The molecular formula is C11H16N4O3S. The van der Waals surface area contributed by atoms with Gasteiger partial charge in [0.1, 0.15) is 0 Å². The van der Waals surface area contributed by atoms with Gasteiger partial charge in [-0.2, -0.15) is 10.2 Å². The lowest BCUT2D eigenvalue weighted by atomic mass is 9.84. The van der Waals surface area contributed by atoms with E-state index < -0.39 is 10.0 Å². The lowest BCUT2D eigenvalue weighted by molar-refractivity contribution is 0.279. The molecule has 1 N–H and O–H groups in total. The van der Waals surface area contributed by atoms with E-state index in [2.05, 4.69) is 19.9 Å². The summed E-state index contributed by atoms with van der Waals surface area (Å²) in [6.45, 7) is 5.73. The van der Waals surface area contributed by atoms with E-state index in [4.69, 9.17) is 4.42 Å². The molecule has 1 spiro atoms. The Morgan fingerprint density at radius 2 is 2.00 bits per heavy atom. The average molecular weight is 284 g/mol. The predicted molar refractivity (Wildman–Crippen MR) is 66.1 cm³/mol. The molecule has 0 bridgehead atoms. The van der Waals surface area contributed by atoms with Crippen LogP contribution in [0.25, 0.3) is 0 Å². The Kier molecular flexibility index (Phi) is 2.44. The maximum atomic E-state index is 12.1. The summed E-state index contributed by atoms with van der Waals surface area (Å²) in [5.41, 5.74) is -0.592. The van der Waals surface area contributed by atoms with Crippen LogP contribution in [0.1, 0.15) is 39.5 Å². The normalized spacial score (nSPS) is 21.6. The fourth-order valence-electron chi connectivity index (χ4n) is 2.05. The number of rotatable bonds is 3. The lowest BCUT2D eigenvalue weighted by Crippen LogP contribution is -2.48. The SMILES string of the molecule is CC(C)(C)c1ncc(S(=O)(=O)NC2CC3(C2)N=N3)o1. The van der Waals surface area contributed by atoms with E-state index in [-0.39, 0.29) is 22.2 Å². The van der Waals surface area contributed by atoms with Crippen LogP contribution in [0.4, 0.5) is 0 Å². The van der Waals surface area contributed by atoms with Crippen molar-refractivity contribution in [1.82, 2.24) is 9.71 Å². The molecule has 1 aliphatic heterocycles. The van der Waals surface area contributed by atoms with Gasteiger partial charge in [0, 0.05) is 24.3 Å². The molecule has 8 heteroatoms. The van der Waals surface area contributed by atoms with Crippen LogP contribution in [-0.2, 0) is 15.4 Å². The Morgan fingerprint density at radius 3 is 2.47 bits per heavy atom. The molecular weight excluding hydrogens is 268 g/mol. The van der Waals surface area contributed by atoms with Crippen molar-refractivity contribution in [2.45, 2.75) is 55.8 Å². The first-order valence-electron chi connectivity index (χ1n) is 6.13. The molecule has 104 valence electrons. The van der Waals surface area contributed by atoms with Gasteiger partial charge < -0.3 is 4.42 Å². The quantitative estimate of drug-likeness (QED) is 0.911. The van der Waals surface area contributed by atoms with Gasteiger partial charge in [0.15, 0.2) is 5.66 Å². The third-order valence-corrected chi connectivity index (χ3v) is 4.60. The second-order valence-electron chi connectivity index (χ2n) is 6.14. The van der Waals surface area contributed by atoms with E-state index in [1.807, 2.05) is 20.8 Å². The van der Waals surface area contributed by atoms with Gasteiger partial charge in [-0.3, -0.25) is 0 Å². The molecule has 1 saturated carbocycles. The number of nitrogens with one attached hydrogen (secondary N) is 1. The summed E-state index contributed by atoms with van der Waals surface area (Å²) in [5.74, 6) is 0.408. The van der Waals surface area contributed by atoms with Crippen molar-refractivity contribution in [2.24, 2.45) is 10.2 Å². The number of aromatic nitrogens is 1. The van der Waals surface area contributed by atoms with E-state index in [1.165, 1.54) is 6.20 Å². The van der Waals surface area contributed by atoms with Crippen LogP contribution in [-0.4, -0.2) is 25.1 Å². The van der Waals surface area contributed by atoms with E-state index in [1.54, 1.807) is 0 Å². The zero-order chi connectivity index (χ0) is 13.9. The Balaban J connectivity index is 1.71. The summed E-state index contributed by atoms with van der Waals surface area (Å²) >= 11 is 0. The first-order chi connectivity index (χ1) is 8.70. The fraction of sp³-hybridized carbons (Fsp3) is 0.727. The minimum atomic E-state index is -3.64. The van der Waals surface area contributed by atoms with Gasteiger partial charge in [-0.05, 0) is 0 Å². The predicted octanol–water partition coefficient (Wildman–Crippen LogP) is 1.57. The minimum absolute atomic E-state index is 0.122. The molecule has 0 amide bonds. The van der Waals surface area contributed by atoms with Gasteiger partial charge in [0.05, 0.1) is 6.20 Å². The van der Waals surface area contributed by atoms with Crippen molar-refractivity contribution in [3.05, 3.63) is 12.1 Å². The summed E-state index contributed by atoms with van der Waals surface area (Å²) < 4.78 is 32.1. The maximum Gasteiger partial charge on any atom is 0.275 e. The zero-order valence-electron chi connectivity index (χ0n) is 11.0. The van der Waals surface area contributed by atoms with Crippen molar-refractivity contribution in [3.8, 4) is 0 Å². The van der Waals surface area contributed by atoms with Gasteiger partial charge in [0.2, 0.25) is 5.89 Å². The van der Waals surface area contributed by atoms with Crippen molar-refractivity contribution in [3.63, 3.8) is 0 Å². The van der Waals surface area contributed by atoms with Crippen LogP contribution < -0.4 is 4.72 Å². The highest BCUT2D eigenvalue weighted by Gasteiger charge is 2.53. The third-order valence-electron chi connectivity index (χ3n) is 3.24. The smallest absolute Gasteiger partial charge is 0.275 e. The molecule has 2 heterocycles. The van der Waals surface area contributed by atoms with Crippen molar-refractivity contribution in [2.75, 3.05) is 0 Å². The molecule has 0 saturated heterocycles. The Morgan fingerprint density at radius 1 is 1.37 bits per heavy atom. The second kappa shape index (κ2) is 3.63. The number of hydrogen-bond donors (Lipinski definition) is 1. The first kappa shape index (κ1) is 12.7. The maximum absolute atomic E-state index is 12.1. The fourth-order valence-corrected chi connectivity index (χ4v) is 3.16. The molecule has 2 aliphatic rings. The summed E-state index contributed by atoms with van der Waals surface area (Å²) in [4.78, 5) is 4.02. The summed E-state index contributed by atoms with van der Waals surface area (Å²) in [5, 5.41) is 7.63. The first-order valence-corrected chi connectivity index (χ1v) is 7.61.